The van der Waals surface area contributed by atoms with Crippen molar-refractivity contribution in [2.75, 3.05) is 5.73 Å². The normalized spacial score (nSPS) is 10.8. The fourth-order valence-corrected chi connectivity index (χ4v) is 2.39. The number of hydrogen-bond donors (Lipinski definition) is 1. The summed E-state index contributed by atoms with van der Waals surface area (Å²) in [6, 6.07) is 10.3. The Bertz CT molecular complexity index is 808. The maximum atomic E-state index is 14.2. The van der Waals surface area contributed by atoms with Crippen molar-refractivity contribution < 1.29 is 4.39 Å². The molecule has 21 heavy (non-hydrogen) atoms. The molecule has 2 N–H and O–H groups in total. The molecule has 2 heterocycles. The number of aromatic nitrogens is 3. The molecule has 0 saturated carbocycles. The second-order valence-corrected chi connectivity index (χ2v) is 4.85. The van der Waals surface area contributed by atoms with Gasteiger partial charge in [0.25, 0.3) is 0 Å². The largest absolute Gasteiger partial charge is 0.383 e. The molecule has 2 aromatic heterocycles. The Balaban J connectivity index is 2.32. The van der Waals surface area contributed by atoms with Crippen LogP contribution in [-0.4, -0.2) is 14.8 Å². The highest BCUT2D eigenvalue weighted by Crippen LogP contribution is 2.37. The zero-order valence-electron chi connectivity index (χ0n) is 11.8. The number of nitrogens with zero attached hydrogens (tertiary/aromatic N) is 3. The van der Waals surface area contributed by atoms with Crippen LogP contribution in [0.25, 0.3) is 22.4 Å². The van der Waals surface area contributed by atoms with E-state index in [-0.39, 0.29) is 5.82 Å². The fourth-order valence-electron chi connectivity index (χ4n) is 2.39. The van der Waals surface area contributed by atoms with Crippen LogP contribution in [0, 0.1) is 12.7 Å². The highest BCUT2D eigenvalue weighted by Gasteiger charge is 2.20. The van der Waals surface area contributed by atoms with Gasteiger partial charge < -0.3 is 5.73 Å². The van der Waals surface area contributed by atoms with Gasteiger partial charge in [0.15, 0.2) is 0 Å². The molecule has 0 spiro atoms. The second-order valence-electron chi connectivity index (χ2n) is 4.85. The van der Waals surface area contributed by atoms with Crippen LogP contribution in [0.5, 0.6) is 0 Å². The molecule has 5 heteroatoms. The Kier molecular flexibility index (Phi) is 3.17. The number of nitrogens with two attached hydrogens (primary N) is 1. The lowest BCUT2D eigenvalue weighted by Gasteiger charge is -2.07. The fraction of sp³-hybridized carbons (Fsp3) is 0.125. The summed E-state index contributed by atoms with van der Waals surface area (Å²) in [5, 5.41) is 4.44. The van der Waals surface area contributed by atoms with Gasteiger partial charge >= 0.3 is 0 Å². The van der Waals surface area contributed by atoms with Crippen molar-refractivity contribution in [1.82, 2.24) is 14.8 Å². The van der Waals surface area contributed by atoms with E-state index in [2.05, 4.69) is 10.1 Å². The molecule has 3 aromatic rings. The molecule has 0 radical (unpaired) electrons. The second kappa shape index (κ2) is 5.01. The van der Waals surface area contributed by atoms with Gasteiger partial charge in [-0.3, -0.25) is 9.67 Å². The smallest absolute Gasteiger partial charge is 0.131 e. The highest BCUT2D eigenvalue weighted by molar-refractivity contribution is 5.88. The summed E-state index contributed by atoms with van der Waals surface area (Å²) in [7, 11) is 1.74. The minimum absolute atomic E-state index is 0.319. The van der Waals surface area contributed by atoms with E-state index in [9.17, 15) is 4.39 Å². The topological polar surface area (TPSA) is 56.7 Å². The van der Waals surface area contributed by atoms with Gasteiger partial charge in [-0.05, 0) is 25.1 Å². The number of aryl methyl sites for hydroxylation is 2. The number of benzene rings is 1. The minimum atomic E-state index is -0.319. The van der Waals surface area contributed by atoms with E-state index in [0.717, 1.165) is 11.3 Å². The zero-order valence-corrected chi connectivity index (χ0v) is 11.8. The third kappa shape index (κ3) is 2.16. The van der Waals surface area contributed by atoms with Crippen molar-refractivity contribution in [2.45, 2.75) is 6.92 Å². The zero-order chi connectivity index (χ0) is 15.0. The molecule has 0 bridgehead atoms. The number of anilines is 1. The maximum Gasteiger partial charge on any atom is 0.131 e. The summed E-state index contributed by atoms with van der Waals surface area (Å²) in [6.45, 7) is 1.89. The lowest BCUT2D eigenvalue weighted by molar-refractivity contribution is 0.631. The van der Waals surface area contributed by atoms with E-state index >= 15 is 0 Å². The molecule has 3 rings (SSSR count). The van der Waals surface area contributed by atoms with Gasteiger partial charge in [0.1, 0.15) is 17.3 Å². The van der Waals surface area contributed by atoms with Crippen LogP contribution in [0.3, 0.4) is 0 Å². The summed E-state index contributed by atoms with van der Waals surface area (Å²) in [5.41, 5.74) is 9.48. The van der Waals surface area contributed by atoms with E-state index in [1.54, 1.807) is 36.1 Å². The molecule has 0 aliphatic heterocycles. The third-order valence-electron chi connectivity index (χ3n) is 3.50. The average molecular weight is 282 g/mol. The van der Waals surface area contributed by atoms with Crippen LogP contribution in [0.15, 0.2) is 42.6 Å². The molecule has 0 fully saturated rings. The summed E-state index contributed by atoms with van der Waals surface area (Å²) in [4.78, 5) is 4.27. The lowest BCUT2D eigenvalue weighted by Crippen LogP contribution is -1.98. The standard InChI is InChI=1S/C16H15FN4/c1-10-11(7-5-9-19-10)15-14(16(18)21(2)20-15)12-6-3-4-8-13(12)17/h3-9H,18H2,1-2H3. The monoisotopic (exact) mass is 282 g/mol. The number of pyridine rings is 1. The van der Waals surface area contributed by atoms with Gasteiger partial charge in [0.05, 0.1) is 5.56 Å². The summed E-state index contributed by atoms with van der Waals surface area (Å²) in [5.74, 6) is 0.110. The van der Waals surface area contributed by atoms with Crippen LogP contribution < -0.4 is 5.73 Å². The minimum Gasteiger partial charge on any atom is -0.383 e. The van der Waals surface area contributed by atoms with Gasteiger partial charge in [-0.1, -0.05) is 18.2 Å². The quantitative estimate of drug-likeness (QED) is 0.785. The van der Waals surface area contributed by atoms with Gasteiger partial charge in [-0.15, -0.1) is 0 Å². The number of halogens is 1. The van der Waals surface area contributed by atoms with Crippen molar-refractivity contribution in [3.8, 4) is 22.4 Å². The predicted molar refractivity (Wildman–Crippen MR) is 81.0 cm³/mol. The molecule has 0 unspecified atom stereocenters. The van der Waals surface area contributed by atoms with Gasteiger partial charge in [-0.25, -0.2) is 4.39 Å². The first-order chi connectivity index (χ1) is 10.1. The molecule has 0 amide bonds. The van der Waals surface area contributed by atoms with Gasteiger partial charge in [0, 0.05) is 30.1 Å². The van der Waals surface area contributed by atoms with Crippen molar-refractivity contribution in [1.29, 1.82) is 0 Å². The third-order valence-corrected chi connectivity index (χ3v) is 3.50. The Morgan fingerprint density at radius 1 is 1.10 bits per heavy atom. The maximum absolute atomic E-state index is 14.2. The Labute approximate surface area is 122 Å². The Morgan fingerprint density at radius 3 is 2.52 bits per heavy atom. The van der Waals surface area contributed by atoms with E-state index in [1.807, 2.05) is 19.1 Å². The first-order valence-electron chi connectivity index (χ1n) is 6.59. The SMILES string of the molecule is Cc1ncccc1-c1nn(C)c(N)c1-c1ccccc1F. The van der Waals surface area contributed by atoms with E-state index < -0.39 is 0 Å². The van der Waals surface area contributed by atoms with Crippen LogP contribution >= 0.6 is 0 Å². The van der Waals surface area contributed by atoms with Crippen molar-refractivity contribution in [3.63, 3.8) is 0 Å². The molecular weight excluding hydrogens is 267 g/mol. The molecule has 0 atom stereocenters. The van der Waals surface area contributed by atoms with E-state index in [0.29, 0.717) is 22.6 Å². The summed E-state index contributed by atoms with van der Waals surface area (Å²) >= 11 is 0. The van der Waals surface area contributed by atoms with Gasteiger partial charge in [0.2, 0.25) is 0 Å². The molecule has 0 aliphatic carbocycles. The van der Waals surface area contributed by atoms with Crippen LogP contribution in [-0.2, 0) is 7.05 Å². The molecule has 106 valence electrons. The van der Waals surface area contributed by atoms with Gasteiger partial charge in [-0.2, -0.15) is 5.10 Å². The number of nitrogen functional groups attached to an aromatic ring is 1. The van der Waals surface area contributed by atoms with Crippen LogP contribution in [0.1, 0.15) is 5.69 Å². The molecule has 4 nitrogen and oxygen atoms in total. The average Bonchev–Trinajstić information content (AvgIpc) is 2.76. The first kappa shape index (κ1) is 13.3. The van der Waals surface area contributed by atoms with E-state index in [4.69, 9.17) is 5.73 Å². The molecule has 0 saturated heterocycles. The van der Waals surface area contributed by atoms with Crippen molar-refractivity contribution in [3.05, 3.63) is 54.1 Å². The lowest BCUT2D eigenvalue weighted by atomic mass is 10.00. The molecular formula is C16H15FN4. The van der Waals surface area contributed by atoms with Crippen LogP contribution in [0.4, 0.5) is 10.2 Å². The summed E-state index contributed by atoms with van der Waals surface area (Å²) in [6.07, 6.45) is 1.72. The van der Waals surface area contributed by atoms with Crippen molar-refractivity contribution in [2.24, 2.45) is 7.05 Å². The highest BCUT2D eigenvalue weighted by atomic mass is 19.1. The number of hydrogen-bond acceptors (Lipinski definition) is 3. The van der Waals surface area contributed by atoms with Crippen molar-refractivity contribution >= 4 is 5.82 Å². The first-order valence-corrected chi connectivity index (χ1v) is 6.59. The Hall–Kier alpha value is -2.69. The molecule has 0 aliphatic rings. The predicted octanol–water partition coefficient (Wildman–Crippen LogP) is 3.18. The molecule has 1 aromatic carbocycles. The summed E-state index contributed by atoms with van der Waals surface area (Å²) < 4.78 is 15.7. The number of rotatable bonds is 2. The van der Waals surface area contributed by atoms with Crippen LogP contribution in [0.2, 0.25) is 0 Å². The van der Waals surface area contributed by atoms with E-state index in [1.165, 1.54) is 6.07 Å². The Morgan fingerprint density at radius 2 is 1.81 bits per heavy atom.